The van der Waals surface area contributed by atoms with Gasteiger partial charge in [0.1, 0.15) is 12.7 Å². The average molecular weight is 319 g/mol. The number of nitrogens with one attached hydrogen (secondary N) is 1. The molecule has 23 heavy (non-hydrogen) atoms. The van der Waals surface area contributed by atoms with Crippen molar-refractivity contribution in [2.45, 2.75) is 46.3 Å². The van der Waals surface area contributed by atoms with Crippen molar-refractivity contribution >= 4 is 6.03 Å². The molecule has 2 amide bonds. The van der Waals surface area contributed by atoms with E-state index in [-0.39, 0.29) is 12.1 Å². The number of nitrogens with zero attached hydrogens (tertiary/aromatic N) is 6. The summed E-state index contributed by atoms with van der Waals surface area (Å²) in [6.45, 7) is 8.07. The van der Waals surface area contributed by atoms with Crippen LogP contribution >= 0.6 is 0 Å². The Morgan fingerprint density at radius 2 is 2.22 bits per heavy atom. The summed E-state index contributed by atoms with van der Waals surface area (Å²) in [5.41, 5.74) is 2.17. The number of hydrogen-bond acceptors (Lipinski definition) is 4. The summed E-state index contributed by atoms with van der Waals surface area (Å²) in [4.78, 5) is 17.7. The SMILES string of the molecule is Cc1cc(C)n(CCCN(C)C(=O)N[C@@H](C)Cn2cncn2)n1. The molecule has 2 rings (SSSR count). The molecule has 2 aromatic heterocycles. The molecule has 0 aromatic carbocycles. The van der Waals surface area contributed by atoms with Crippen LogP contribution in [0.3, 0.4) is 0 Å². The van der Waals surface area contributed by atoms with E-state index in [9.17, 15) is 4.79 Å². The van der Waals surface area contributed by atoms with Crippen LogP contribution in [0.25, 0.3) is 0 Å². The van der Waals surface area contributed by atoms with Crippen LogP contribution in [0.15, 0.2) is 18.7 Å². The van der Waals surface area contributed by atoms with Crippen molar-refractivity contribution in [1.82, 2.24) is 34.8 Å². The second-order valence-electron chi connectivity index (χ2n) is 5.89. The molecule has 0 saturated heterocycles. The molecular formula is C15H25N7O. The van der Waals surface area contributed by atoms with Crippen LogP contribution in [-0.2, 0) is 13.1 Å². The quantitative estimate of drug-likeness (QED) is 0.832. The molecule has 0 aliphatic rings. The zero-order chi connectivity index (χ0) is 16.8. The Kier molecular flexibility index (Phi) is 5.72. The van der Waals surface area contributed by atoms with Gasteiger partial charge in [-0.2, -0.15) is 10.2 Å². The summed E-state index contributed by atoms with van der Waals surface area (Å²) >= 11 is 0. The Labute approximate surface area is 136 Å². The molecule has 8 heteroatoms. The summed E-state index contributed by atoms with van der Waals surface area (Å²) in [6.07, 6.45) is 3.99. The highest BCUT2D eigenvalue weighted by Crippen LogP contribution is 2.03. The smallest absolute Gasteiger partial charge is 0.317 e. The normalized spacial score (nSPS) is 12.2. The van der Waals surface area contributed by atoms with Crippen molar-refractivity contribution in [2.75, 3.05) is 13.6 Å². The molecule has 0 aliphatic heterocycles. The Morgan fingerprint density at radius 3 is 2.83 bits per heavy atom. The number of urea groups is 1. The standard InChI is InChI=1S/C15H25N7O/c1-12-8-14(3)22(19-12)7-5-6-20(4)15(23)18-13(2)9-21-11-16-10-17-21/h8,10-11,13H,5-7,9H2,1-4H3,(H,18,23)/t13-/m0/s1. The van der Waals surface area contributed by atoms with Gasteiger partial charge in [0.25, 0.3) is 0 Å². The second-order valence-corrected chi connectivity index (χ2v) is 5.89. The van der Waals surface area contributed by atoms with Gasteiger partial charge in [-0.25, -0.2) is 9.78 Å². The lowest BCUT2D eigenvalue weighted by Gasteiger charge is -2.21. The minimum atomic E-state index is -0.0778. The van der Waals surface area contributed by atoms with E-state index in [1.54, 1.807) is 23.0 Å². The fraction of sp³-hybridized carbons (Fsp3) is 0.600. The van der Waals surface area contributed by atoms with E-state index >= 15 is 0 Å². The van der Waals surface area contributed by atoms with Gasteiger partial charge in [0.2, 0.25) is 0 Å². The number of amides is 2. The molecule has 1 N–H and O–H groups in total. The van der Waals surface area contributed by atoms with Crippen LogP contribution in [0, 0.1) is 13.8 Å². The summed E-state index contributed by atoms with van der Waals surface area (Å²) in [5.74, 6) is 0. The van der Waals surface area contributed by atoms with E-state index in [4.69, 9.17) is 0 Å². The first-order valence-electron chi connectivity index (χ1n) is 7.81. The Hall–Kier alpha value is -2.38. The van der Waals surface area contributed by atoms with Crippen molar-refractivity contribution in [1.29, 1.82) is 0 Å². The summed E-state index contributed by atoms with van der Waals surface area (Å²) in [5, 5.41) is 11.4. The van der Waals surface area contributed by atoms with Gasteiger partial charge in [0.15, 0.2) is 0 Å². The maximum atomic E-state index is 12.1. The van der Waals surface area contributed by atoms with Gasteiger partial charge < -0.3 is 10.2 Å². The third-order valence-electron chi connectivity index (χ3n) is 3.61. The topological polar surface area (TPSA) is 80.9 Å². The monoisotopic (exact) mass is 319 g/mol. The lowest BCUT2D eigenvalue weighted by molar-refractivity contribution is 0.202. The van der Waals surface area contributed by atoms with E-state index in [2.05, 4.69) is 26.6 Å². The van der Waals surface area contributed by atoms with Gasteiger partial charge in [0, 0.05) is 31.9 Å². The van der Waals surface area contributed by atoms with Crippen molar-refractivity contribution in [3.05, 3.63) is 30.1 Å². The Balaban J connectivity index is 1.71. The molecular weight excluding hydrogens is 294 g/mol. The minimum absolute atomic E-state index is 0.0114. The van der Waals surface area contributed by atoms with Crippen LogP contribution in [0.4, 0.5) is 4.79 Å². The highest BCUT2D eigenvalue weighted by Gasteiger charge is 2.12. The first-order chi connectivity index (χ1) is 11.0. The predicted molar refractivity (Wildman–Crippen MR) is 87.0 cm³/mol. The number of carbonyl (C=O) groups excluding carboxylic acids is 1. The fourth-order valence-corrected chi connectivity index (χ4v) is 2.43. The Morgan fingerprint density at radius 1 is 1.43 bits per heavy atom. The molecule has 0 aliphatic carbocycles. The first-order valence-corrected chi connectivity index (χ1v) is 7.81. The van der Waals surface area contributed by atoms with Gasteiger partial charge in [-0.05, 0) is 33.3 Å². The number of rotatable bonds is 7. The Bertz CT molecular complexity index is 620. The molecule has 0 fully saturated rings. The van der Waals surface area contributed by atoms with Crippen molar-refractivity contribution in [3.8, 4) is 0 Å². The molecule has 0 saturated carbocycles. The van der Waals surface area contributed by atoms with Crippen LogP contribution in [-0.4, -0.2) is 55.1 Å². The molecule has 0 radical (unpaired) electrons. The zero-order valence-corrected chi connectivity index (χ0v) is 14.2. The molecule has 0 spiro atoms. The van der Waals surface area contributed by atoms with E-state index in [0.29, 0.717) is 13.1 Å². The molecule has 126 valence electrons. The molecule has 0 bridgehead atoms. The highest BCUT2D eigenvalue weighted by molar-refractivity contribution is 5.74. The van der Waals surface area contributed by atoms with Gasteiger partial charge >= 0.3 is 6.03 Å². The van der Waals surface area contributed by atoms with E-state index < -0.39 is 0 Å². The largest absolute Gasteiger partial charge is 0.334 e. The van der Waals surface area contributed by atoms with E-state index in [1.165, 1.54) is 6.33 Å². The van der Waals surface area contributed by atoms with Gasteiger partial charge in [-0.15, -0.1) is 0 Å². The van der Waals surface area contributed by atoms with Crippen LogP contribution in [0.1, 0.15) is 24.7 Å². The number of carbonyl (C=O) groups is 1. The van der Waals surface area contributed by atoms with Gasteiger partial charge in [-0.3, -0.25) is 9.36 Å². The summed E-state index contributed by atoms with van der Waals surface area (Å²) in [6, 6.07) is 1.97. The van der Waals surface area contributed by atoms with Crippen LogP contribution < -0.4 is 5.32 Å². The summed E-state index contributed by atoms with van der Waals surface area (Å²) < 4.78 is 3.68. The summed E-state index contributed by atoms with van der Waals surface area (Å²) in [7, 11) is 1.80. The lowest BCUT2D eigenvalue weighted by Crippen LogP contribution is -2.44. The predicted octanol–water partition coefficient (Wildman–Crippen LogP) is 1.21. The van der Waals surface area contributed by atoms with E-state index in [0.717, 1.165) is 24.4 Å². The maximum absolute atomic E-state index is 12.1. The highest BCUT2D eigenvalue weighted by atomic mass is 16.2. The minimum Gasteiger partial charge on any atom is -0.334 e. The molecule has 2 aromatic rings. The van der Waals surface area contributed by atoms with Gasteiger partial charge in [-0.1, -0.05) is 0 Å². The fourth-order valence-electron chi connectivity index (χ4n) is 2.43. The van der Waals surface area contributed by atoms with Crippen molar-refractivity contribution in [3.63, 3.8) is 0 Å². The molecule has 0 unspecified atom stereocenters. The zero-order valence-electron chi connectivity index (χ0n) is 14.2. The van der Waals surface area contributed by atoms with Crippen LogP contribution in [0.5, 0.6) is 0 Å². The number of aryl methyl sites for hydroxylation is 3. The molecule has 8 nitrogen and oxygen atoms in total. The van der Waals surface area contributed by atoms with Crippen molar-refractivity contribution < 1.29 is 4.79 Å². The molecule has 2 heterocycles. The first kappa shape index (κ1) is 17.0. The average Bonchev–Trinajstić information content (AvgIpc) is 3.08. The van der Waals surface area contributed by atoms with E-state index in [1.807, 2.05) is 25.5 Å². The number of aromatic nitrogens is 5. The van der Waals surface area contributed by atoms with Crippen LogP contribution in [0.2, 0.25) is 0 Å². The third kappa shape index (κ3) is 5.08. The molecule has 1 atom stereocenters. The van der Waals surface area contributed by atoms with Gasteiger partial charge in [0.05, 0.1) is 12.2 Å². The number of hydrogen-bond donors (Lipinski definition) is 1. The second kappa shape index (κ2) is 7.75. The third-order valence-corrected chi connectivity index (χ3v) is 3.61. The van der Waals surface area contributed by atoms with Crippen molar-refractivity contribution in [2.24, 2.45) is 0 Å². The maximum Gasteiger partial charge on any atom is 0.317 e. The lowest BCUT2D eigenvalue weighted by atomic mass is 10.3.